The van der Waals surface area contributed by atoms with Gasteiger partial charge in [-0.15, -0.1) is 0 Å². The zero-order chi connectivity index (χ0) is 14.2. The second-order valence-electron chi connectivity index (χ2n) is 5.92. The van der Waals surface area contributed by atoms with E-state index in [9.17, 15) is 14.3 Å². The number of rotatable bonds is 3. The molecule has 1 fully saturated rings. The Labute approximate surface area is 118 Å². The maximum Gasteiger partial charge on any atom is 0.305 e. The molecule has 3 rings (SSSR count). The summed E-state index contributed by atoms with van der Waals surface area (Å²) >= 11 is 0. The van der Waals surface area contributed by atoms with E-state index >= 15 is 0 Å². The first-order chi connectivity index (χ1) is 9.63. The molecule has 1 unspecified atom stereocenters. The number of carbonyl (C=O) groups is 1. The number of aliphatic carboxylic acids is 1. The van der Waals surface area contributed by atoms with Crippen molar-refractivity contribution in [1.29, 1.82) is 0 Å². The number of hydrogen-bond acceptors (Lipinski definition) is 2. The van der Waals surface area contributed by atoms with Crippen LogP contribution in [0.15, 0.2) is 18.2 Å². The average Bonchev–Trinajstić information content (AvgIpc) is 2.81. The molecular formula is C16H20FNO2. The van der Waals surface area contributed by atoms with E-state index in [1.54, 1.807) is 6.07 Å². The smallest absolute Gasteiger partial charge is 0.305 e. The number of benzene rings is 1. The first kappa shape index (κ1) is 13.6. The maximum atomic E-state index is 14.0. The molecule has 0 amide bonds. The van der Waals surface area contributed by atoms with Gasteiger partial charge >= 0.3 is 5.97 Å². The second-order valence-corrected chi connectivity index (χ2v) is 5.92. The molecule has 20 heavy (non-hydrogen) atoms. The van der Waals surface area contributed by atoms with Gasteiger partial charge in [0.15, 0.2) is 0 Å². The summed E-state index contributed by atoms with van der Waals surface area (Å²) in [6.07, 6.45) is 4.85. The molecule has 1 aromatic carbocycles. The van der Waals surface area contributed by atoms with Crippen LogP contribution < -0.4 is 0 Å². The molecule has 1 aliphatic heterocycles. The molecule has 3 nitrogen and oxygen atoms in total. The normalized spacial score (nSPS) is 26.4. The second kappa shape index (κ2) is 5.17. The number of nitrogens with zero attached hydrogens (tertiary/aromatic N) is 1. The summed E-state index contributed by atoms with van der Waals surface area (Å²) in [7, 11) is 0. The predicted octanol–water partition coefficient (Wildman–Crippen LogP) is 2.93. The van der Waals surface area contributed by atoms with Crippen LogP contribution in [0, 0.1) is 5.82 Å². The summed E-state index contributed by atoms with van der Waals surface area (Å²) in [6, 6.07) is 5.11. The van der Waals surface area contributed by atoms with Crippen LogP contribution in [0.4, 0.5) is 4.39 Å². The van der Waals surface area contributed by atoms with Crippen LogP contribution in [0.3, 0.4) is 0 Å². The lowest BCUT2D eigenvalue weighted by atomic mass is 9.84. The molecule has 1 aliphatic carbocycles. The molecule has 1 heterocycles. The maximum absolute atomic E-state index is 14.0. The van der Waals surface area contributed by atoms with Crippen molar-refractivity contribution in [3.8, 4) is 0 Å². The van der Waals surface area contributed by atoms with Gasteiger partial charge in [0.05, 0.1) is 12.0 Å². The van der Waals surface area contributed by atoms with Crippen LogP contribution in [-0.2, 0) is 16.8 Å². The molecule has 1 N–H and O–H groups in total. The number of halogens is 1. The topological polar surface area (TPSA) is 40.5 Å². The summed E-state index contributed by atoms with van der Waals surface area (Å²) in [5.41, 5.74) is 1.13. The summed E-state index contributed by atoms with van der Waals surface area (Å²) in [5, 5.41) is 9.34. The van der Waals surface area contributed by atoms with E-state index in [0.717, 1.165) is 43.5 Å². The Morgan fingerprint density at radius 3 is 2.75 bits per heavy atom. The summed E-state index contributed by atoms with van der Waals surface area (Å²) < 4.78 is 14.0. The van der Waals surface area contributed by atoms with Crippen molar-refractivity contribution in [2.45, 2.75) is 44.1 Å². The quantitative estimate of drug-likeness (QED) is 0.923. The van der Waals surface area contributed by atoms with Gasteiger partial charge in [-0.05, 0) is 56.0 Å². The molecule has 0 spiro atoms. The number of carboxylic acid groups (broad SMARTS) is 1. The minimum Gasteiger partial charge on any atom is -0.481 e. The number of carboxylic acids is 1. The SMILES string of the molecule is O=C(O)CC1(N2CCCCC2)CCc2c(F)cccc21. The summed E-state index contributed by atoms with van der Waals surface area (Å²) in [4.78, 5) is 13.7. The van der Waals surface area contributed by atoms with Crippen LogP contribution in [0.5, 0.6) is 0 Å². The Hall–Kier alpha value is -1.42. The van der Waals surface area contributed by atoms with Crippen LogP contribution in [0.2, 0.25) is 0 Å². The highest BCUT2D eigenvalue weighted by Gasteiger charge is 2.46. The van der Waals surface area contributed by atoms with Crippen LogP contribution in [0.25, 0.3) is 0 Å². The third-order valence-corrected chi connectivity index (χ3v) is 4.81. The fourth-order valence-electron chi connectivity index (χ4n) is 3.91. The lowest BCUT2D eigenvalue weighted by Gasteiger charge is -2.43. The van der Waals surface area contributed by atoms with Crippen LogP contribution >= 0.6 is 0 Å². The zero-order valence-electron chi connectivity index (χ0n) is 11.6. The Kier molecular flexibility index (Phi) is 3.50. The van der Waals surface area contributed by atoms with E-state index in [-0.39, 0.29) is 12.2 Å². The first-order valence-electron chi connectivity index (χ1n) is 7.38. The van der Waals surface area contributed by atoms with E-state index < -0.39 is 11.5 Å². The number of fused-ring (bicyclic) bond motifs is 1. The van der Waals surface area contributed by atoms with Crippen molar-refractivity contribution in [1.82, 2.24) is 4.90 Å². The van der Waals surface area contributed by atoms with Crippen molar-refractivity contribution in [3.63, 3.8) is 0 Å². The van der Waals surface area contributed by atoms with Gasteiger partial charge in [-0.2, -0.15) is 0 Å². The van der Waals surface area contributed by atoms with E-state index in [0.29, 0.717) is 6.42 Å². The van der Waals surface area contributed by atoms with Gasteiger partial charge in [-0.25, -0.2) is 4.39 Å². The van der Waals surface area contributed by atoms with E-state index in [2.05, 4.69) is 4.90 Å². The highest BCUT2D eigenvalue weighted by molar-refractivity contribution is 5.69. The Morgan fingerprint density at radius 2 is 2.05 bits per heavy atom. The van der Waals surface area contributed by atoms with Gasteiger partial charge in [0.2, 0.25) is 0 Å². The minimum absolute atomic E-state index is 0.0729. The molecule has 4 heteroatoms. The Bertz CT molecular complexity index is 525. The number of hydrogen-bond donors (Lipinski definition) is 1. The van der Waals surface area contributed by atoms with Gasteiger partial charge < -0.3 is 5.11 Å². The first-order valence-corrected chi connectivity index (χ1v) is 7.38. The molecular weight excluding hydrogens is 257 g/mol. The molecule has 2 aliphatic rings. The van der Waals surface area contributed by atoms with Crippen LogP contribution in [0.1, 0.15) is 43.2 Å². The fourth-order valence-corrected chi connectivity index (χ4v) is 3.91. The lowest BCUT2D eigenvalue weighted by molar-refractivity contribution is -0.141. The van der Waals surface area contributed by atoms with Crippen molar-refractivity contribution in [2.24, 2.45) is 0 Å². The molecule has 0 bridgehead atoms. The largest absolute Gasteiger partial charge is 0.481 e. The standard InChI is InChI=1S/C16H20FNO2/c17-14-6-4-5-13-12(14)7-8-16(13,11-15(19)20)18-9-2-1-3-10-18/h4-6H,1-3,7-11H2,(H,19,20). The van der Waals surface area contributed by atoms with Crippen LogP contribution in [-0.4, -0.2) is 29.1 Å². The predicted molar refractivity (Wildman–Crippen MR) is 74.1 cm³/mol. The monoisotopic (exact) mass is 277 g/mol. The van der Waals surface area contributed by atoms with Gasteiger partial charge in [0.1, 0.15) is 5.82 Å². The Morgan fingerprint density at radius 1 is 1.30 bits per heavy atom. The third-order valence-electron chi connectivity index (χ3n) is 4.81. The average molecular weight is 277 g/mol. The molecule has 1 atom stereocenters. The van der Waals surface area contributed by atoms with Gasteiger partial charge in [-0.3, -0.25) is 9.69 Å². The van der Waals surface area contributed by atoms with Gasteiger partial charge in [-0.1, -0.05) is 18.6 Å². The molecule has 1 saturated heterocycles. The zero-order valence-corrected chi connectivity index (χ0v) is 11.6. The molecule has 0 saturated carbocycles. The molecule has 0 aromatic heterocycles. The van der Waals surface area contributed by atoms with E-state index in [1.807, 2.05) is 6.07 Å². The van der Waals surface area contributed by atoms with E-state index in [4.69, 9.17) is 0 Å². The highest BCUT2D eigenvalue weighted by Crippen LogP contribution is 2.46. The van der Waals surface area contributed by atoms with Crippen molar-refractivity contribution in [2.75, 3.05) is 13.1 Å². The van der Waals surface area contributed by atoms with Gasteiger partial charge in [0.25, 0.3) is 0 Å². The van der Waals surface area contributed by atoms with E-state index in [1.165, 1.54) is 12.5 Å². The lowest BCUT2D eigenvalue weighted by Crippen LogP contribution is -2.48. The van der Waals surface area contributed by atoms with Crippen molar-refractivity contribution < 1.29 is 14.3 Å². The third kappa shape index (κ3) is 2.12. The van der Waals surface area contributed by atoms with Crippen molar-refractivity contribution >= 4 is 5.97 Å². The number of piperidine rings is 1. The molecule has 108 valence electrons. The summed E-state index contributed by atoms with van der Waals surface area (Å²) in [5.74, 6) is -0.987. The van der Waals surface area contributed by atoms with Crippen molar-refractivity contribution in [3.05, 3.63) is 35.1 Å². The van der Waals surface area contributed by atoms with Gasteiger partial charge in [0, 0.05) is 0 Å². The minimum atomic E-state index is -0.798. The summed E-state index contributed by atoms with van der Waals surface area (Å²) in [6.45, 7) is 1.84. The highest BCUT2D eigenvalue weighted by atomic mass is 19.1. The molecule has 1 aromatic rings. The number of likely N-dealkylation sites (tertiary alicyclic amines) is 1. The molecule has 0 radical (unpaired) electrons. The Balaban J connectivity index is 2.04. The fraction of sp³-hybridized carbons (Fsp3) is 0.562.